The van der Waals surface area contributed by atoms with Gasteiger partial charge >= 0.3 is 6.18 Å². The fourth-order valence-electron chi connectivity index (χ4n) is 3.63. The molecular formula is C19H20F3N7O. The summed E-state index contributed by atoms with van der Waals surface area (Å²) in [6.07, 6.45) is -3.02. The molecule has 3 heterocycles. The second-order valence-electron chi connectivity index (χ2n) is 7.37. The molecule has 0 N–H and O–H groups in total. The van der Waals surface area contributed by atoms with E-state index in [4.69, 9.17) is 0 Å². The summed E-state index contributed by atoms with van der Waals surface area (Å²) in [5.74, 6) is 0.620. The second kappa shape index (κ2) is 7.88. The number of rotatable bonds is 4. The number of tetrazole rings is 1. The number of aromatic nitrogens is 5. The van der Waals surface area contributed by atoms with Crippen molar-refractivity contribution in [1.29, 1.82) is 0 Å². The third-order valence-corrected chi connectivity index (χ3v) is 5.30. The van der Waals surface area contributed by atoms with Crippen LogP contribution in [0, 0.1) is 5.92 Å². The van der Waals surface area contributed by atoms with Crippen LogP contribution in [0.2, 0.25) is 0 Å². The summed E-state index contributed by atoms with van der Waals surface area (Å²) < 4.78 is 39.4. The van der Waals surface area contributed by atoms with E-state index in [0.717, 1.165) is 18.0 Å². The Hall–Kier alpha value is -3.24. The minimum absolute atomic E-state index is 0.00145. The second-order valence-corrected chi connectivity index (χ2v) is 7.37. The first kappa shape index (κ1) is 20.0. The number of hydrogen-bond acceptors (Lipinski definition) is 6. The van der Waals surface area contributed by atoms with Gasteiger partial charge in [0.1, 0.15) is 0 Å². The monoisotopic (exact) mass is 419 g/mol. The molecule has 0 atom stereocenters. The Bertz CT molecular complexity index is 1030. The van der Waals surface area contributed by atoms with Gasteiger partial charge in [0.05, 0.1) is 5.56 Å². The zero-order valence-corrected chi connectivity index (χ0v) is 16.2. The van der Waals surface area contributed by atoms with Crippen LogP contribution in [-0.2, 0) is 17.5 Å². The van der Waals surface area contributed by atoms with Crippen molar-refractivity contribution in [3.8, 4) is 0 Å². The van der Waals surface area contributed by atoms with E-state index in [0.29, 0.717) is 37.1 Å². The topological polar surface area (TPSA) is 79.5 Å². The number of alkyl halides is 3. The molecule has 0 saturated carbocycles. The van der Waals surface area contributed by atoms with Gasteiger partial charge in [-0.3, -0.25) is 4.79 Å². The molecule has 3 aromatic rings. The van der Waals surface area contributed by atoms with Gasteiger partial charge in [-0.15, -0.1) is 14.8 Å². The van der Waals surface area contributed by atoms with Crippen LogP contribution in [0.25, 0.3) is 5.65 Å². The van der Waals surface area contributed by atoms with Crippen molar-refractivity contribution in [2.45, 2.75) is 25.6 Å². The number of hydrogen-bond donors (Lipinski definition) is 0. The smallest absolute Gasteiger partial charge is 0.355 e. The van der Waals surface area contributed by atoms with Crippen molar-refractivity contribution in [1.82, 2.24) is 30.2 Å². The van der Waals surface area contributed by atoms with E-state index in [-0.39, 0.29) is 18.4 Å². The Balaban J connectivity index is 1.33. The fourth-order valence-corrected chi connectivity index (χ4v) is 3.63. The lowest BCUT2D eigenvalue weighted by Crippen LogP contribution is -2.41. The minimum atomic E-state index is -4.36. The number of carbonyl (C=O) groups is 1. The molecule has 0 radical (unpaired) electrons. The summed E-state index contributed by atoms with van der Waals surface area (Å²) in [6.45, 7) is 1.62. The van der Waals surface area contributed by atoms with E-state index in [1.54, 1.807) is 18.0 Å². The van der Waals surface area contributed by atoms with Crippen LogP contribution in [0.1, 0.15) is 24.0 Å². The number of halogens is 3. The summed E-state index contributed by atoms with van der Waals surface area (Å²) in [5.41, 5.74) is 0.532. The van der Waals surface area contributed by atoms with E-state index in [1.165, 1.54) is 16.8 Å². The highest BCUT2D eigenvalue weighted by molar-refractivity contribution is 5.79. The molecule has 4 rings (SSSR count). The molecule has 158 valence electrons. The molecule has 30 heavy (non-hydrogen) atoms. The van der Waals surface area contributed by atoms with Gasteiger partial charge in [-0.2, -0.15) is 13.2 Å². The molecule has 1 amide bonds. The molecule has 0 unspecified atom stereocenters. The minimum Gasteiger partial charge on any atom is -0.355 e. The number of amides is 1. The standard InChI is InChI=1S/C19H20F3N7O/c1-27(12-13-2-4-15(5-3-13)19(20,21)22)18(30)14-8-10-28(11-9-14)17-7-6-16-23-25-26-29(16)24-17/h2-7,14H,8-12H2,1H3. The maximum absolute atomic E-state index is 12.8. The number of nitrogens with zero attached hydrogens (tertiary/aromatic N) is 7. The zero-order chi connectivity index (χ0) is 21.3. The summed E-state index contributed by atoms with van der Waals surface area (Å²) in [6, 6.07) is 8.55. The number of carbonyl (C=O) groups excluding carboxylic acids is 1. The Kier molecular flexibility index (Phi) is 5.27. The molecule has 1 saturated heterocycles. The van der Waals surface area contributed by atoms with Crippen molar-refractivity contribution < 1.29 is 18.0 Å². The van der Waals surface area contributed by atoms with Gasteiger partial charge in [0.2, 0.25) is 5.91 Å². The fraction of sp³-hybridized carbons (Fsp3) is 0.421. The average Bonchev–Trinajstić information content (AvgIpc) is 3.21. The van der Waals surface area contributed by atoms with Crippen molar-refractivity contribution >= 4 is 17.4 Å². The highest BCUT2D eigenvalue weighted by Crippen LogP contribution is 2.29. The zero-order valence-electron chi connectivity index (χ0n) is 16.2. The SMILES string of the molecule is CN(Cc1ccc(C(F)(F)F)cc1)C(=O)C1CCN(c2ccc3nnnn3n2)CC1. The number of anilines is 1. The maximum Gasteiger partial charge on any atom is 0.416 e. The van der Waals surface area contributed by atoms with Gasteiger partial charge < -0.3 is 9.80 Å². The van der Waals surface area contributed by atoms with Gasteiger partial charge in [0, 0.05) is 32.6 Å². The first-order chi connectivity index (χ1) is 14.3. The number of fused-ring (bicyclic) bond motifs is 1. The summed E-state index contributed by atoms with van der Waals surface area (Å²) >= 11 is 0. The van der Waals surface area contributed by atoms with E-state index < -0.39 is 11.7 Å². The van der Waals surface area contributed by atoms with Crippen molar-refractivity contribution in [2.24, 2.45) is 5.92 Å². The first-order valence-electron chi connectivity index (χ1n) is 9.53. The summed E-state index contributed by atoms with van der Waals surface area (Å²) in [5, 5.41) is 15.6. The van der Waals surface area contributed by atoms with Crippen molar-refractivity contribution in [3.05, 3.63) is 47.5 Å². The van der Waals surface area contributed by atoms with E-state index in [1.807, 2.05) is 6.07 Å². The van der Waals surface area contributed by atoms with Gasteiger partial charge in [-0.25, -0.2) is 0 Å². The third-order valence-electron chi connectivity index (χ3n) is 5.30. The first-order valence-corrected chi connectivity index (χ1v) is 9.53. The normalized spacial score (nSPS) is 15.5. The predicted molar refractivity (Wildman–Crippen MR) is 101 cm³/mol. The third kappa shape index (κ3) is 4.19. The lowest BCUT2D eigenvalue weighted by Gasteiger charge is -2.33. The summed E-state index contributed by atoms with van der Waals surface area (Å²) in [7, 11) is 1.68. The van der Waals surface area contributed by atoms with Gasteiger partial charge in [-0.1, -0.05) is 12.1 Å². The highest BCUT2D eigenvalue weighted by Gasteiger charge is 2.30. The molecular weight excluding hydrogens is 399 g/mol. The Morgan fingerprint density at radius 2 is 1.83 bits per heavy atom. The molecule has 8 nitrogen and oxygen atoms in total. The molecule has 1 aliphatic rings. The number of benzene rings is 1. The number of piperidine rings is 1. The Labute approximate surface area is 170 Å². The molecule has 1 fully saturated rings. The lowest BCUT2D eigenvalue weighted by molar-refractivity contribution is -0.138. The van der Waals surface area contributed by atoms with Gasteiger partial charge in [0.25, 0.3) is 0 Å². The van der Waals surface area contributed by atoms with Crippen LogP contribution in [0.15, 0.2) is 36.4 Å². The molecule has 0 spiro atoms. The summed E-state index contributed by atoms with van der Waals surface area (Å²) in [4.78, 5) is 16.5. The van der Waals surface area contributed by atoms with Gasteiger partial charge in [0.15, 0.2) is 11.5 Å². The molecule has 1 aromatic carbocycles. The van der Waals surface area contributed by atoms with Crippen LogP contribution in [-0.4, -0.2) is 56.2 Å². The quantitative estimate of drug-likeness (QED) is 0.646. The van der Waals surface area contributed by atoms with Crippen LogP contribution in [0.5, 0.6) is 0 Å². The van der Waals surface area contributed by atoms with Crippen LogP contribution >= 0.6 is 0 Å². The van der Waals surface area contributed by atoms with E-state index in [9.17, 15) is 18.0 Å². The lowest BCUT2D eigenvalue weighted by atomic mass is 9.95. The molecule has 2 aromatic heterocycles. The van der Waals surface area contributed by atoms with Gasteiger partial charge in [-0.05, 0) is 53.1 Å². The predicted octanol–water partition coefficient (Wildman–Crippen LogP) is 2.41. The van der Waals surface area contributed by atoms with Crippen molar-refractivity contribution in [3.63, 3.8) is 0 Å². The Morgan fingerprint density at radius 3 is 2.50 bits per heavy atom. The van der Waals surface area contributed by atoms with Crippen molar-refractivity contribution in [2.75, 3.05) is 25.0 Å². The highest BCUT2D eigenvalue weighted by atomic mass is 19.4. The van der Waals surface area contributed by atoms with Crippen LogP contribution < -0.4 is 4.90 Å². The largest absolute Gasteiger partial charge is 0.416 e. The van der Waals surface area contributed by atoms with E-state index in [2.05, 4.69) is 25.5 Å². The molecule has 1 aliphatic heterocycles. The molecule has 0 aliphatic carbocycles. The van der Waals surface area contributed by atoms with Crippen LogP contribution in [0.4, 0.5) is 19.0 Å². The average molecular weight is 419 g/mol. The Morgan fingerprint density at radius 1 is 1.13 bits per heavy atom. The van der Waals surface area contributed by atoms with E-state index >= 15 is 0 Å². The molecule has 0 bridgehead atoms. The van der Waals surface area contributed by atoms with Crippen LogP contribution in [0.3, 0.4) is 0 Å². The molecule has 11 heteroatoms. The maximum atomic E-state index is 12.8.